The molecule has 0 bridgehead atoms. The smallest absolute Gasteiger partial charge is 0.237 e. The second-order valence-corrected chi connectivity index (χ2v) is 7.73. The Balaban J connectivity index is 1.65. The normalized spacial score (nSPS) is 11.5. The zero-order valence-electron chi connectivity index (χ0n) is 16.9. The summed E-state index contributed by atoms with van der Waals surface area (Å²) in [4.78, 5) is 17.5. The van der Waals surface area contributed by atoms with Crippen LogP contribution in [0.2, 0.25) is 0 Å². The van der Waals surface area contributed by atoms with Crippen molar-refractivity contribution in [3.8, 4) is 0 Å². The Morgan fingerprint density at radius 2 is 1.64 bits per heavy atom. The number of carbonyl (C=O) groups excluding carboxylic acids is 1. The van der Waals surface area contributed by atoms with E-state index in [0.29, 0.717) is 5.69 Å². The number of carbonyl (C=O) groups is 1. The van der Waals surface area contributed by atoms with Gasteiger partial charge < -0.3 is 5.32 Å². The van der Waals surface area contributed by atoms with Crippen LogP contribution < -0.4 is 10.8 Å². The second kappa shape index (κ2) is 10.2. The summed E-state index contributed by atoms with van der Waals surface area (Å²) < 4.78 is 18.5. The van der Waals surface area contributed by atoms with Crippen molar-refractivity contribution in [2.75, 3.05) is 5.32 Å². The van der Waals surface area contributed by atoms with Crippen LogP contribution in [0.25, 0.3) is 0 Å². The quantitative estimate of drug-likeness (QED) is 0.195. The van der Waals surface area contributed by atoms with E-state index in [1.165, 1.54) is 18.2 Å². The van der Waals surface area contributed by atoms with Gasteiger partial charge in [-0.15, -0.1) is 0 Å². The number of amidine groups is 1. The minimum absolute atomic E-state index is 0.0360. The molecule has 3 aromatic carbocycles. The molecule has 0 aliphatic heterocycles. The molecule has 4 aromatic rings. The number of nitrogens with zero attached hydrogens (tertiary/aromatic N) is 3. The zero-order chi connectivity index (χ0) is 23.2. The van der Waals surface area contributed by atoms with E-state index in [0.717, 1.165) is 11.1 Å². The summed E-state index contributed by atoms with van der Waals surface area (Å²) in [7, 11) is 0. The molecule has 3 N–H and O–H groups in total. The molecule has 0 radical (unpaired) electrons. The topological polar surface area (TPSA) is 113 Å². The molecule has 4 rings (SSSR count). The highest BCUT2D eigenvalue weighted by Gasteiger charge is 2.26. The molecule has 0 atom stereocenters. The molecule has 0 saturated carbocycles. The van der Waals surface area contributed by atoms with Crippen molar-refractivity contribution < 1.29 is 19.0 Å². The SMILES string of the molecule is O=C(Nc1nonc1C(=Nc1ccc(F)c(Br)c1)NO)C(c1ccccc1)c1ccccc1. The van der Waals surface area contributed by atoms with Crippen LogP contribution in [0, 0.1) is 5.82 Å². The van der Waals surface area contributed by atoms with E-state index >= 15 is 0 Å². The zero-order valence-corrected chi connectivity index (χ0v) is 18.5. The number of benzene rings is 3. The van der Waals surface area contributed by atoms with E-state index in [2.05, 4.69) is 36.6 Å². The van der Waals surface area contributed by atoms with Crippen molar-refractivity contribution in [3.05, 3.63) is 106 Å². The van der Waals surface area contributed by atoms with Crippen molar-refractivity contribution >= 4 is 39.2 Å². The van der Waals surface area contributed by atoms with Crippen molar-refractivity contribution in [2.45, 2.75) is 5.92 Å². The number of anilines is 1. The predicted molar refractivity (Wildman–Crippen MR) is 123 cm³/mol. The minimum Gasteiger partial charge on any atom is -0.305 e. The first-order chi connectivity index (χ1) is 16.1. The molecule has 10 heteroatoms. The fourth-order valence-electron chi connectivity index (χ4n) is 3.22. The Hall–Kier alpha value is -3.89. The maximum atomic E-state index is 13.5. The van der Waals surface area contributed by atoms with E-state index in [9.17, 15) is 14.4 Å². The van der Waals surface area contributed by atoms with Gasteiger partial charge in [0.25, 0.3) is 0 Å². The van der Waals surface area contributed by atoms with Crippen molar-refractivity contribution in [3.63, 3.8) is 0 Å². The number of hydrogen-bond donors (Lipinski definition) is 3. The van der Waals surface area contributed by atoms with E-state index in [1.54, 1.807) is 0 Å². The van der Waals surface area contributed by atoms with Gasteiger partial charge in [-0.3, -0.25) is 15.5 Å². The molecular formula is C23H17BrFN5O3. The lowest BCUT2D eigenvalue weighted by molar-refractivity contribution is -0.116. The number of halogens is 2. The van der Waals surface area contributed by atoms with Crippen molar-refractivity contribution in [1.82, 2.24) is 15.8 Å². The molecule has 0 spiro atoms. The summed E-state index contributed by atoms with van der Waals surface area (Å²) in [6.07, 6.45) is 0. The van der Waals surface area contributed by atoms with E-state index in [1.807, 2.05) is 66.1 Å². The highest BCUT2D eigenvalue weighted by Crippen LogP contribution is 2.27. The van der Waals surface area contributed by atoms with Crippen LogP contribution in [0.4, 0.5) is 15.9 Å². The molecule has 0 aliphatic carbocycles. The van der Waals surface area contributed by atoms with Crippen LogP contribution >= 0.6 is 15.9 Å². The van der Waals surface area contributed by atoms with Crippen LogP contribution in [0.3, 0.4) is 0 Å². The number of aliphatic imine (C=N–C) groups is 1. The summed E-state index contributed by atoms with van der Waals surface area (Å²) in [5, 5.41) is 19.8. The number of amides is 1. The molecule has 0 unspecified atom stereocenters. The molecule has 166 valence electrons. The van der Waals surface area contributed by atoms with E-state index in [4.69, 9.17) is 4.63 Å². The Bertz CT molecular complexity index is 1240. The summed E-state index contributed by atoms with van der Waals surface area (Å²) in [5.41, 5.74) is 3.76. The van der Waals surface area contributed by atoms with Crippen LogP contribution in [0.15, 0.2) is 93.0 Å². The van der Waals surface area contributed by atoms with Gasteiger partial charge in [0, 0.05) is 0 Å². The maximum Gasteiger partial charge on any atom is 0.237 e. The lowest BCUT2D eigenvalue weighted by Gasteiger charge is -2.17. The van der Waals surface area contributed by atoms with Gasteiger partial charge in [0.1, 0.15) is 5.82 Å². The Kier molecular flexibility index (Phi) is 6.86. The maximum absolute atomic E-state index is 13.5. The third-order valence-corrected chi connectivity index (χ3v) is 5.34. The van der Waals surface area contributed by atoms with Crippen LogP contribution in [-0.2, 0) is 4.79 Å². The third-order valence-electron chi connectivity index (χ3n) is 4.73. The van der Waals surface area contributed by atoms with Gasteiger partial charge in [-0.25, -0.2) is 14.0 Å². The molecule has 0 fully saturated rings. The molecule has 1 heterocycles. The van der Waals surface area contributed by atoms with Crippen molar-refractivity contribution in [1.29, 1.82) is 0 Å². The van der Waals surface area contributed by atoms with Crippen LogP contribution in [-0.4, -0.2) is 27.3 Å². The van der Waals surface area contributed by atoms with Gasteiger partial charge in [-0.1, -0.05) is 60.7 Å². The van der Waals surface area contributed by atoms with Crippen LogP contribution in [0.1, 0.15) is 22.7 Å². The third kappa shape index (κ3) is 5.13. The van der Waals surface area contributed by atoms with E-state index < -0.39 is 11.7 Å². The second-order valence-electron chi connectivity index (χ2n) is 6.88. The average Bonchev–Trinajstić information content (AvgIpc) is 3.29. The number of aromatic nitrogens is 2. The van der Waals surface area contributed by atoms with Gasteiger partial charge in [0.2, 0.25) is 11.7 Å². The first-order valence-electron chi connectivity index (χ1n) is 9.74. The molecular weight excluding hydrogens is 493 g/mol. The molecule has 8 nitrogen and oxygen atoms in total. The van der Waals surface area contributed by atoms with Gasteiger partial charge in [-0.05, 0) is 55.6 Å². The van der Waals surface area contributed by atoms with Gasteiger partial charge in [0.15, 0.2) is 11.5 Å². The number of nitrogens with one attached hydrogen (secondary N) is 2. The van der Waals surface area contributed by atoms with Crippen molar-refractivity contribution in [2.24, 2.45) is 4.99 Å². The molecule has 33 heavy (non-hydrogen) atoms. The van der Waals surface area contributed by atoms with Gasteiger partial charge >= 0.3 is 0 Å². The van der Waals surface area contributed by atoms with Crippen LogP contribution in [0.5, 0.6) is 0 Å². The lowest BCUT2D eigenvalue weighted by Crippen LogP contribution is -2.26. The predicted octanol–water partition coefficient (Wildman–Crippen LogP) is 4.80. The minimum atomic E-state index is -0.632. The highest BCUT2D eigenvalue weighted by atomic mass is 79.9. The fraction of sp³-hybridized carbons (Fsp3) is 0.0435. The highest BCUT2D eigenvalue weighted by molar-refractivity contribution is 9.10. The first-order valence-corrected chi connectivity index (χ1v) is 10.5. The molecule has 1 amide bonds. The number of hydrogen-bond acceptors (Lipinski definition) is 6. The monoisotopic (exact) mass is 509 g/mol. The number of rotatable bonds is 6. The molecule has 0 aliphatic rings. The van der Waals surface area contributed by atoms with Gasteiger partial charge in [0.05, 0.1) is 16.1 Å². The van der Waals surface area contributed by atoms with Gasteiger partial charge in [-0.2, -0.15) is 0 Å². The molecule has 0 saturated heterocycles. The summed E-state index contributed by atoms with van der Waals surface area (Å²) in [6.45, 7) is 0. The lowest BCUT2D eigenvalue weighted by atomic mass is 9.90. The standard InChI is InChI=1S/C23H17BrFN5O3/c24-17-13-16(11-12-18(17)25)26-21(28-32)20-22(30-33-29-20)27-23(31)19(14-7-3-1-4-8-14)15-9-5-2-6-10-15/h1-13,19,32H,(H,26,28)(H,27,30,31). The summed E-state index contributed by atoms with van der Waals surface area (Å²) >= 11 is 3.08. The fourth-order valence-corrected chi connectivity index (χ4v) is 3.58. The average molecular weight is 510 g/mol. The largest absolute Gasteiger partial charge is 0.305 e. The Morgan fingerprint density at radius 1 is 1.00 bits per heavy atom. The summed E-state index contributed by atoms with van der Waals surface area (Å²) in [5.74, 6) is -1.67. The summed E-state index contributed by atoms with van der Waals surface area (Å²) in [6, 6.07) is 22.6. The first kappa shape index (κ1) is 22.3. The van der Waals surface area contributed by atoms with E-state index in [-0.39, 0.29) is 27.7 Å². The molecule has 1 aromatic heterocycles. The Morgan fingerprint density at radius 3 is 2.21 bits per heavy atom. The Labute approximate surface area is 196 Å². The number of hydroxylamine groups is 1.